The van der Waals surface area contributed by atoms with E-state index in [0.717, 1.165) is 37.5 Å². The summed E-state index contributed by atoms with van der Waals surface area (Å²) in [5.74, 6) is 1.66. The molecule has 4 rings (SSSR count). The Hall–Kier alpha value is -1.72. The van der Waals surface area contributed by atoms with E-state index in [4.69, 9.17) is 9.26 Å². The molecule has 1 aromatic heterocycles. The minimum Gasteiger partial charge on any atom is -0.381 e. The highest BCUT2D eigenvalue weighted by Crippen LogP contribution is 2.27. The van der Waals surface area contributed by atoms with Crippen molar-refractivity contribution in [3.63, 3.8) is 0 Å². The van der Waals surface area contributed by atoms with Gasteiger partial charge in [0.1, 0.15) is 0 Å². The summed E-state index contributed by atoms with van der Waals surface area (Å²) in [6, 6.07) is 6.32. The number of nitrogens with zero attached hydrogens (tertiary/aromatic N) is 2. The molecule has 1 saturated heterocycles. The summed E-state index contributed by atoms with van der Waals surface area (Å²) in [4.78, 5) is 4.51. The van der Waals surface area contributed by atoms with Crippen molar-refractivity contribution in [2.75, 3.05) is 13.2 Å². The van der Waals surface area contributed by atoms with Crippen LogP contribution in [-0.4, -0.2) is 23.4 Å². The predicted molar refractivity (Wildman–Crippen MR) is 68.5 cm³/mol. The van der Waals surface area contributed by atoms with Gasteiger partial charge in [-0.2, -0.15) is 4.98 Å². The maximum Gasteiger partial charge on any atom is 0.257 e. The molecule has 0 bridgehead atoms. The van der Waals surface area contributed by atoms with Crippen LogP contribution in [0.3, 0.4) is 0 Å². The summed E-state index contributed by atoms with van der Waals surface area (Å²) < 4.78 is 10.7. The molecule has 1 aromatic carbocycles. The van der Waals surface area contributed by atoms with Crippen LogP contribution in [0.15, 0.2) is 22.7 Å². The molecule has 0 aliphatic carbocycles. The van der Waals surface area contributed by atoms with Gasteiger partial charge in [0.2, 0.25) is 0 Å². The molecular formula is C14H15N3O2. The van der Waals surface area contributed by atoms with Gasteiger partial charge < -0.3 is 14.6 Å². The first kappa shape index (κ1) is 11.1. The molecule has 2 aromatic rings. The van der Waals surface area contributed by atoms with E-state index in [1.54, 1.807) is 0 Å². The third-order valence-corrected chi connectivity index (χ3v) is 3.82. The fourth-order valence-corrected chi connectivity index (χ4v) is 2.68. The summed E-state index contributed by atoms with van der Waals surface area (Å²) in [5.41, 5.74) is 3.68. The zero-order chi connectivity index (χ0) is 12.7. The molecule has 5 heteroatoms. The van der Waals surface area contributed by atoms with Crippen molar-refractivity contribution in [1.82, 2.24) is 15.5 Å². The lowest BCUT2D eigenvalue weighted by Gasteiger charge is -2.00. The Morgan fingerprint density at radius 1 is 1.21 bits per heavy atom. The van der Waals surface area contributed by atoms with Gasteiger partial charge in [-0.3, -0.25) is 0 Å². The second-order valence-electron chi connectivity index (χ2n) is 5.11. The highest BCUT2D eigenvalue weighted by Gasteiger charge is 2.23. The van der Waals surface area contributed by atoms with Gasteiger partial charge in [-0.05, 0) is 29.7 Å². The number of aromatic nitrogens is 2. The summed E-state index contributed by atoms with van der Waals surface area (Å²) >= 11 is 0. The van der Waals surface area contributed by atoms with Gasteiger partial charge in [0, 0.05) is 31.2 Å². The van der Waals surface area contributed by atoms with Crippen LogP contribution in [0.25, 0.3) is 11.5 Å². The Bertz CT molecular complexity index is 602. The molecule has 19 heavy (non-hydrogen) atoms. The summed E-state index contributed by atoms with van der Waals surface area (Å²) in [6.45, 7) is 3.36. The first-order chi connectivity index (χ1) is 9.40. The zero-order valence-electron chi connectivity index (χ0n) is 10.6. The van der Waals surface area contributed by atoms with E-state index >= 15 is 0 Å². The van der Waals surface area contributed by atoms with E-state index in [9.17, 15) is 0 Å². The molecule has 1 atom stereocenters. The van der Waals surface area contributed by atoms with Gasteiger partial charge in [-0.25, -0.2) is 0 Å². The van der Waals surface area contributed by atoms with E-state index in [-0.39, 0.29) is 5.92 Å². The van der Waals surface area contributed by atoms with Crippen LogP contribution in [0.5, 0.6) is 0 Å². The number of rotatable bonds is 2. The lowest BCUT2D eigenvalue weighted by atomic mass is 10.1. The Morgan fingerprint density at radius 2 is 2.16 bits per heavy atom. The van der Waals surface area contributed by atoms with Gasteiger partial charge in [-0.1, -0.05) is 11.2 Å². The van der Waals surface area contributed by atoms with Gasteiger partial charge in [0.05, 0.1) is 6.61 Å². The molecule has 0 saturated carbocycles. The third kappa shape index (κ3) is 1.95. The van der Waals surface area contributed by atoms with Gasteiger partial charge >= 0.3 is 0 Å². The van der Waals surface area contributed by atoms with Gasteiger partial charge in [-0.15, -0.1) is 0 Å². The van der Waals surface area contributed by atoms with Gasteiger partial charge in [0.15, 0.2) is 5.82 Å². The van der Waals surface area contributed by atoms with Gasteiger partial charge in [0.25, 0.3) is 5.89 Å². The van der Waals surface area contributed by atoms with Crippen LogP contribution in [0, 0.1) is 0 Å². The quantitative estimate of drug-likeness (QED) is 0.889. The second-order valence-corrected chi connectivity index (χ2v) is 5.11. The monoisotopic (exact) mass is 257 g/mol. The second kappa shape index (κ2) is 4.43. The smallest absolute Gasteiger partial charge is 0.257 e. The van der Waals surface area contributed by atoms with Crippen molar-refractivity contribution in [3.8, 4) is 11.5 Å². The first-order valence-corrected chi connectivity index (χ1v) is 6.64. The Labute approximate surface area is 111 Å². The molecule has 1 unspecified atom stereocenters. The van der Waals surface area contributed by atoms with Crippen molar-refractivity contribution in [2.45, 2.75) is 25.4 Å². The van der Waals surface area contributed by atoms with Crippen molar-refractivity contribution >= 4 is 0 Å². The number of hydrogen-bond acceptors (Lipinski definition) is 5. The minimum atomic E-state index is 0.286. The van der Waals surface area contributed by atoms with Crippen LogP contribution >= 0.6 is 0 Å². The van der Waals surface area contributed by atoms with Crippen LogP contribution in [-0.2, 0) is 17.8 Å². The van der Waals surface area contributed by atoms with Crippen LogP contribution in [0.2, 0.25) is 0 Å². The summed E-state index contributed by atoms with van der Waals surface area (Å²) in [5, 5.41) is 7.42. The molecule has 98 valence electrons. The van der Waals surface area contributed by atoms with E-state index < -0.39 is 0 Å². The van der Waals surface area contributed by atoms with E-state index in [0.29, 0.717) is 12.5 Å². The molecule has 0 radical (unpaired) electrons. The molecule has 1 N–H and O–H groups in total. The molecule has 3 heterocycles. The number of nitrogens with one attached hydrogen (secondary N) is 1. The van der Waals surface area contributed by atoms with Crippen molar-refractivity contribution < 1.29 is 9.26 Å². The average Bonchev–Trinajstić information content (AvgIpc) is 3.18. The van der Waals surface area contributed by atoms with Crippen molar-refractivity contribution in [2.24, 2.45) is 0 Å². The third-order valence-electron chi connectivity index (χ3n) is 3.82. The number of ether oxygens (including phenoxy) is 1. The van der Waals surface area contributed by atoms with Crippen molar-refractivity contribution in [3.05, 3.63) is 35.2 Å². The number of hydrogen-bond donors (Lipinski definition) is 1. The highest BCUT2D eigenvalue weighted by atomic mass is 16.5. The molecule has 0 spiro atoms. The lowest BCUT2D eigenvalue weighted by Crippen LogP contribution is -2.00. The minimum absolute atomic E-state index is 0.286. The Morgan fingerprint density at radius 3 is 3.05 bits per heavy atom. The van der Waals surface area contributed by atoms with E-state index in [1.807, 2.05) is 6.07 Å². The van der Waals surface area contributed by atoms with Crippen LogP contribution < -0.4 is 5.32 Å². The highest BCUT2D eigenvalue weighted by molar-refractivity contribution is 5.56. The summed E-state index contributed by atoms with van der Waals surface area (Å²) in [7, 11) is 0. The number of benzene rings is 1. The molecule has 2 aliphatic heterocycles. The topological polar surface area (TPSA) is 60.2 Å². The fourth-order valence-electron chi connectivity index (χ4n) is 2.68. The van der Waals surface area contributed by atoms with Crippen LogP contribution in [0.1, 0.15) is 29.3 Å². The standard InChI is InChI=1S/C14H15N3O2/c1-2-10-6-15-7-12(10)5-9(1)14-16-13(17-19-14)11-3-4-18-8-11/h1-2,5,11,15H,3-4,6-8H2. The SMILES string of the molecule is c1cc2c(cc1-c1nc(C3CCOC3)no1)CNC2. The largest absolute Gasteiger partial charge is 0.381 e. The molecule has 2 aliphatic rings. The summed E-state index contributed by atoms with van der Waals surface area (Å²) in [6.07, 6.45) is 0.979. The average molecular weight is 257 g/mol. The first-order valence-electron chi connectivity index (χ1n) is 6.64. The molecule has 1 fully saturated rings. The van der Waals surface area contributed by atoms with E-state index in [1.165, 1.54) is 11.1 Å². The zero-order valence-corrected chi connectivity index (χ0v) is 10.6. The molecule has 0 amide bonds. The predicted octanol–water partition coefficient (Wildman–Crippen LogP) is 1.84. The number of fused-ring (bicyclic) bond motifs is 1. The van der Waals surface area contributed by atoms with E-state index in [2.05, 4.69) is 27.6 Å². The Kier molecular flexibility index (Phi) is 2.60. The molecular weight excluding hydrogens is 242 g/mol. The lowest BCUT2D eigenvalue weighted by molar-refractivity contribution is 0.192. The molecule has 5 nitrogen and oxygen atoms in total. The van der Waals surface area contributed by atoms with Crippen molar-refractivity contribution in [1.29, 1.82) is 0 Å². The normalized spacial score (nSPS) is 21.8. The van der Waals surface area contributed by atoms with Crippen LogP contribution in [0.4, 0.5) is 0 Å². The Balaban J connectivity index is 1.65. The maximum atomic E-state index is 5.39. The maximum absolute atomic E-state index is 5.39. The fraction of sp³-hybridized carbons (Fsp3) is 0.429.